The van der Waals surface area contributed by atoms with E-state index in [0.717, 1.165) is 83.7 Å². The minimum Gasteiger partial charge on any atom is -0.491 e. The Bertz CT molecular complexity index is 4280. The molecule has 0 radical (unpaired) electrons. The normalized spacial score (nSPS) is 10.8. The summed E-state index contributed by atoms with van der Waals surface area (Å²) in [6, 6.07) is 46.7. The minimum atomic E-state index is -0.570. The van der Waals surface area contributed by atoms with Gasteiger partial charge in [0.1, 0.15) is 48.7 Å². The molecule has 3 N–H and O–H groups in total. The number of aromatic nitrogens is 3. The first-order valence-electron chi connectivity index (χ1n) is 31.0. The number of benzene rings is 6. The number of ether oxygens (including phenoxy) is 7. The quantitative estimate of drug-likeness (QED) is 0.0325. The molecule has 3 amide bonds. The molecule has 0 bridgehead atoms. The SMILES string of the molecule is C#CCCOC(=O)Nc1cccc(-c2c(C#N)c3ccc(OC(C)C)cc3n2CC)c1.CCn1c(-c2cccc(NC(=O)OCC(C)C)c2)c(C#N)c2ccc(OC(C)C)cc21.CCn1c(-c2cccc(NC(=O)OCCOC)c2)c(C#N)c2ccc(OC(C)C)cc21. The molecule has 482 valence electrons. The lowest BCUT2D eigenvalue weighted by molar-refractivity contribution is 0.107. The number of methoxy groups -OCH3 is 1. The Morgan fingerprint density at radius 2 is 0.796 bits per heavy atom. The Hall–Kier alpha value is -10.9. The Balaban J connectivity index is 0.000000198. The summed E-state index contributed by atoms with van der Waals surface area (Å²) >= 11 is 0. The molecule has 9 aromatic rings. The molecule has 3 aromatic heterocycles. The first-order valence-corrected chi connectivity index (χ1v) is 31.0. The molecule has 19 heteroatoms. The van der Waals surface area contributed by atoms with E-state index in [2.05, 4.69) is 53.8 Å². The molecule has 0 aliphatic rings. The van der Waals surface area contributed by atoms with Crippen LogP contribution in [0.4, 0.5) is 31.4 Å². The monoisotopic (exact) mass is 1260 g/mol. The van der Waals surface area contributed by atoms with Gasteiger partial charge >= 0.3 is 18.3 Å². The molecule has 9 rings (SSSR count). The first kappa shape index (κ1) is 69.6. The van der Waals surface area contributed by atoms with Crippen molar-refractivity contribution in [2.75, 3.05) is 49.5 Å². The van der Waals surface area contributed by atoms with Gasteiger partial charge in [-0.1, -0.05) is 50.2 Å². The number of hydrogen-bond donors (Lipinski definition) is 3. The molecule has 0 saturated carbocycles. The van der Waals surface area contributed by atoms with Crippen molar-refractivity contribution in [2.24, 2.45) is 5.92 Å². The molecule has 0 unspecified atom stereocenters. The van der Waals surface area contributed by atoms with Gasteiger partial charge in [0.15, 0.2) is 0 Å². The summed E-state index contributed by atoms with van der Waals surface area (Å²) in [5.41, 5.74) is 11.3. The third kappa shape index (κ3) is 17.8. The highest BCUT2D eigenvalue weighted by atomic mass is 16.6. The van der Waals surface area contributed by atoms with Gasteiger partial charge in [0.05, 0.1) is 81.8 Å². The molecular formula is C74H81N9O10. The number of nitrogens with zero attached hydrogens (tertiary/aromatic N) is 6. The van der Waals surface area contributed by atoms with Crippen molar-refractivity contribution in [2.45, 2.75) is 121 Å². The number of hydrogen-bond acceptors (Lipinski definition) is 13. The zero-order valence-electron chi connectivity index (χ0n) is 54.9. The van der Waals surface area contributed by atoms with Crippen molar-refractivity contribution in [1.82, 2.24) is 13.7 Å². The minimum absolute atomic E-state index is 0.0561. The van der Waals surface area contributed by atoms with Crippen LogP contribution < -0.4 is 30.2 Å². The van der Waals surface area contributed by atoms with E-state index in [4.69, 9.17) is 39.6 Å². The average Bonchev–Trinajstić information content (AvgIpc) is 1.63. The number of terminal acetylenes is 1. The molecular weight excluding hydrogens is 1170 g/mol. The van der Waals surface area contributed by atoms with Crippen LogP contribution in [0.5, 0.6) is 17.2 Å². The zero-order valence-corrected chi connectivity index (χ0v) is 54.9. The van der Waals surface area contributed by atoms with Gasteiger partial charge in [-0.2, -0.15) is 15.8 Å². The van der Waals surface area contributed by atoms with Crippen LogP contribution in [0.3, 0.4) is 0 Å². The topological polar surface area (TPSA) is 238 Å². The summed E-state index contributed by atoms with van der Waals surface area (Å²) in [5.74, 6) is 4.98. The van der Waals surface area contributed by atoms with Crippen LogP contribution in [0.25, 0.3) is 66.5 Å². The third-order valence-electron chi connectivity index (χ3n) is 14.2. The van der Waals surface area contributed by atoms with Crippen LogP contribution in [-0.4, -0.2) is 83.8 Å². The van der Waals surface area contributed by atoms with E-state index in [1.54, 1.807) is 25.3 Å². The lowest BCUT2D eigenvalue weighted by Gasteiger charge is -2.13. The number of rotatable bonds is 22. The van der Waals surface area contributed by atoms with Gasteiger partial charge < -0.3 is 46.9 Å². The fraction of sp³-hybridized carbons (Fsp3) is 0.324. The van der Waals surface area contributed by atoms with Gasteiger partial charge in [-0.25, -0.2) is 14.4 Å². The predicted molar refractivity (Wildman–Crippen MR) is 366 cm³/mol. The standard InChI is InChI=1S/C25H29N3O3.C25H25N3O3.C24H27N3O4/c1-6-28-23-13-20(31-17(4)5)10-11-21(23)22(14-26)24(28)18-8-7-9-19(12-18)27-25(29)30-15-16(2)3;1-5-7-13-30-25(29)27-19-10-8-9-18(14-19)24-22(16-26)21-12-11-20(31-17(3)4)15-23(21)28(24)6-2;1-5-27-22-14-19(31-16(2)3)9-10-20(22)21(15-25)23(27)17-7-6-8-18(13-17)26-24(28)30-12-11-29-4/h7-13,16-17H,6,15H2,1-5H3,(H,27,29);1,8-12,14-15,17H,6-7,13H2,2-4H3,(H,27,29);6-10,13-14,16H,5,11-12H2,1-4H3,(H,26,28). The van der Waals surface area contributed by atoms with Crippen LogP contribution >= 0.6 is 0 Å². The highest BCUT2D eigenvalue weighted by molar-refractivity contribution is 5.99. The molecule has 19 nitrogen and oxygen atoms in total. The van der Waals surface area contributed by atoms with Gasteiger partial charge in [-0.15, -0.1) is 12.3 Å². The van der Waals surface area contributed by atoms with Gasteiger partial charge in [0.2, 0.25) is 0 Å². The number of carbonyl (C=O) groups excluding carboxylic acids is 3. The van der Waals surface area contributed by atoms with Crippen molar-refractivity contribution < 1.29 is 47.5 Å². The van der Waals surface area contributed by atoms with Crippen LogP contribution in [0.1, 0.15) is 99.3 Å². The van der Waals surface area contributed by atoms with Crippen molar-refractivity contribution in [3.8, 4) is 81.6 Å². The Morgan fingerprint density at radius 3 is 1.09 bits per heavy atom. The predicted octanol–water partition coefficient (Wildman–Crippen LogP) is 16.9. The molecule has 0 saturated heterocycles. The number of fused-ring (bicyclic) bond motifs is 3. The van der Waals surface area contributed by atoms with Crippen molar-refractivity contribution >= 4 is 68.1 Å². The molecule has 0 fully saturated rings. The number of carbonyl (C=O) groups is 3. The second kappa shape index (κ2) is 33.3. The van der Waals surface area contributed by atoms with Crippen LogP contribution in [0.2, 0.25) is 0 Å². The van der Waals surface area contributed by atoms with E-state index in [0.29, 0.717) is 73.0 Å². The molecule has 3 heterocycles. The fourth-order valence-electron chi connectivity index (χ4n) is 10.6. The van der Waals surface area contributed by atoms with E-state index in [9.17, 15) is 30.2 Å². The van der Waals surface area contributed by atoms with E-state index < -0.39 is 18.3 Å². The maximum Gasteiger partial charge on any atom is 0.411 e. The Morgan fingerprint density at radius 1 is 0.462 bits per heavy atom. The third-order valence-corrected chi connectivity index (χ3v) is 14.2. The van der Waals surface area contributed by atoms with Gasteiger partial charge in [-0.3, -0.25) is 16.0 Å². The zero-order chi connectivity index (χ0) is 67.3. The van der Waals surface area contributed by atoms with Gasteiger partial charge in [-0.05, 0) is 141 Å². The smallest absolute Gasteiger partial charge is 0.411 e. The number of amides is 3. The number of anilines is 3. The summed E-state index contributed by atoms with van der Waals surface area (Å²) in [6.45, 7) is 25.0. The van der Waals surface area contributed by atoms with Crippen LogP contribution in [0, 0.1) is 52.3 Å². The number of nitrogens with one attached hydrogen (secondary N) is 3. The molecule has 0 spiro atoms. The van der Waals surface area contributed by atoms with Gasteiger partial charge in [0.25, 0.3) is 0 Å². The van der Waals surface area contributed by atoms with Crippen LogP contribution in [-0.2, 0) is 38.6 Å². The maximum absolute atomic E-state index is 12.1. The average molecular weight is 1260 g/mol. The number of aryl methyl sites for hydroxylation is 3. The second-order valence-corrected chi connectivity index (χ2v) is 22.6. The second-order valence-electron chi connectivity index (χ2n) is 22.6. The van der Waals surface area contributed by atoms with Crippen molar-refractivity contribution in [3.05, 3.63) is 144 Å². The maximum atomic E-state index is 12.1. The summed E-state index contributed by atoms with van der Waals surface area (Å²) in [6.07, 6.45) is 4.10. The molecule has 0 aliphatic carbocycles. The highest BCUT2D eigenvalue weighted by Gasteiger charge is 2.23. The number of nitriles is 3. The van der Waals surface area contributed by atoms with E-state index in [1.807, 2.05) is 185 Å². The fourth-order valence-corrected chi connectivity index (χ4v) is 10.6. The summed E-state index contributed by atoms with van der Waals surface area (Å²) in [5, 5.41) is 40.6. The first-order chi connectivity index (χ1) is 44.8. The van der Waals surface area contributed by atoms with E-state index >= 15 is 0 Å². The van der Waals surface area contributed by atoms with Gasteiger partial charge in [0, 0.05) is 101 Å². The highest BCUT2D eigenvalue weighted by Crippen LogP contribution is 2.40. The lowest BCUT2D eigenvalue weighted by atomic mass is 10.1. The van der Waals surface area contributed by atoms with E-state index in [-0.39, 0.29) is 37.4 Å². The Labute approximate surface area is 544 Å². The Kier molecular flexibility index (Phi) is 24.9. The summed E-state index contributed by atoms with van der Waals surface area (Å²) in [7, 11) is 1.54. The largest absolute Gasteiger partial charge is 0.491 e. The van der Waals surface area contributed by atoms with E-state index in [1.165, 1.54) is 0 Å². The molecule has 0 atom stereocenters. The van der Waals surface area contributed by atoms with Crippen molar-refractivity contribution in [1.29, 1.82) is 15.8 Å². The molecule has 0 aliphatic heterocycles. The summed E-state index contributed by atoms with van der Waals surface area (Å²) < 4.78 is 44.1. The molecule has 93 heavy (non-hydrogen) atoms. The summed E-state index contributed by atoms with van der Waals surface area (Å²) in [4.78, 5) is 36.0. The van der Waals surface area contributed by atoms with Crippen LogP contribution in [0.15, 0.2) is 127 Å². The van der Waals surface area contributed by atoms with Crippen molar-refractivity contribution in [3.63, 3.8) is 0 Å². The molecule has 6 aromatic carbocycles. The lowest BCUT2D eigenvalue weighted by Crippen LogP contribution is -2.16.